The molecule has 0 aliphatic rings. The Morgan fingerprint density at radius 1 is 0.818 bits per heavy atom. The highest BCUT2D eigenvalue weighted by atomic mass is 32.1. The number of nitrogens with zero attached hydrogens (tertiary/aromatic N) is 2. The fourth-order valence-electron chi connectivity index (χ4n) is 1.78. The maximum absolute atomic E-state index is 12.3. The molecule has 0 aliphatic carbocycles. The van der Waals surface area contributed by atoms with Crippen LogP contribution in [0.4, 0.5) is 10.3 Å². The van der Waals surface area contributed by atoms with Gasteiger partial charge in [-0.2, -0.15) is 0 Å². The van der Waals surface area contributed by atoms with Crippen molar-refractivity contribution in [3.8, 4) is 0 Å². The van der Waals surface area contributed by atoms with E-state index < -0.39 is 0 Å². The molecule has 2 heterocycles. The lowest BCUT2D eigenvalue weighted by Crippen LogP contribution is -2.20. The number of hydrogen-bond donors (Lipinski definition) is 2. The Morgan fingerprint density at radius 3 is 1.64 bits per heavy atom. The molecular formula is C14H10N4O2S2. The molecule has 1 aromatic carbocycles. The number of carbonyl (C=O) groups is 2. The van der Waals surface area contributed by atoms with E-state index in [2.05, 4.69) is 20.6 Å². The summed E-state index contributed by atoms with van der Waals surface area (Å²) in [6.07, 6.45) is 3.20. The Balaban J connectivity index is 1.83. The molecule has 0 radical (unpaired) electrons. The number of rotatable bonds is 4. The van der Waals surface area contributed by atoms with Gasteiger partial charge in [0.2, 0.25) is 0 Å². The van der Waals surface area contributed by atoms with Gasteiger partial charge in [0.1, 0.15) is 0 Å². The first kappa shape index (κ1) is 14.4. The molecule has 6 nitrogen and oxygen atoms in total. The monoisotopic (exact) mass is 330 g/mol. The number of thiazole rings is 2. The van der Waals surface area contributed by atoms with Crippen molar-refractivity contribution in [1.82, 2.24) is 9.97 Å². The van der Waals surface area contributed by atoms with Crippen molar-refractivity contribution in [2.45, 2.75) is 0 Å². The van der Waals surface area contributed by atoms with Gasteiger partial charge >= 0.3 is 0 Å². The summed E-state index contributed by atoms with van der Waals surface area (Å²) in [5, 5.41) is 9.83. The minimum atomic E-state index is -0.375. The molecule has 0 unspecified atom stereocenters. The van der Waals surface area contributed by atoms with E-state index >= 15 is 0 Å². The molecule has 8 heteroatoms. The van der Waals surface area contributed by atoms with Crippen LogP contribution in [0.3, 0.4) is 0 Å². The van der Waals surface area contributed by atoms with Gasteiger partial charge in [-0.05, 0) is 12.1 Å². The van der Waals surface area contributed by atoms with E-state index in [1.165, 1.54) is 22.7 Å². The van der Waals surface area contributed by atoms with Crippen LogP contribution >= 0.6 is 22.7 Å². The van der Waals surface area contributed by atoms with Crippen molar-refractivity contribution in [2.24, 2.45) is 0 Å². The maximum Gasteiger partial charge on any atom is 0.258 e. The molecule has 2 N–H and O–H groups in total. The van der Waals surface area contributed by atoms with Crippen LogP contribution in [0.25, 0.3) is 0 Å². The zero-order valence-corrected chi connectivity index (χ0v) is 12.8. The van der Waals surface area contributed by atoms with E-state index in [9.17, 15) is 9.59 Å². The van der Waals surface area contributed by atoms with Crippen LogP contribution in [-0.4, -0.2) is 21.8 Å². The summed E-state index contributed by atoms with van der Waals surface area (Å²) >= 11 is 2.62. The molecular weight excluding hydrogens is 320 g/mol. The fraction of sp³-hybridized carbons (Fsp3) is 0. The number of nitrogens with one attached hydrogen (secondary N) is 2. The van der Waals surface area contributed by atoms with Crippen molar-refractivity contribution in [1.29, 1.82) is 0 Å². The number of benzene rings is 1. The topological polar surface area (TPSA) is 84.0 Å². The van der Waals surface area contributed by atoms with Gasteiger partial charge in [-0.25, -0.2) is 9.97 Å². The average Bonchev–Trinajstić information content (AvgIpc) is 3.21. The minimum Gasteiger partial charge on any atom is -0.298 e. The molecule has 0 saturated heterocycles. The molecule has 0 saturated carbocycles. The van der Waals surface area contributed by atoms with Crippen molar-refractivity contribution in [3.05, 3.63) is 58.5 Å². The molecule has 22 heavy (non-hydrogen) atoms. The molecule has 2 aromatic heterocycles. The molecule has 3 rings (SSSR count). The van der Waals surface area contributed by atoms with Gasteiger partial charge in [-0.15, -0.1) is 22.7 Å². The lowest BCUT2D eigenvalue weighted by molar-refractivity contribution is 0.0990. The standard InChI is InChI=1S/C14H10N4O2S2/c19-11(17-13-15-5-7-21-13)9-3-1-2-4-10(9)12(20)18-14-16-6-8-22-14/h1-8H,(H,15,17,19)(H,16,18,20). The van der Waals surface area contributed by atoms with E-state index in [0.29, 0.717) is 10.3 Å². The summed E-state index contributed by atoms with van der Waals surface area (Å²) in [4.78, 5) is 32.6. The van der Waals surface area contributed by atoms with E-state index in [-0.39, 0.29) is 22.9 Å². The van der Waals surface area contributed by atoms with Crippen LogP contribution in [0, 0.1) is 0 Å². The van der Waals surface area contributed by atoms with Gasteiger partial charge in [0, 0.05) is 23.2 Å². The molecule has 3 aromatic rings. The molecule has 110 valence electrons. The first-order valence-corrected chi connectivity index (χ1v) is 8.00. The summed E-state index contributed by atoms with van der Waals surface area (Å²) in [7, 11) is 0. The van der Waals surface area contributed by atoms with Gasteiger partial charge in [0.15, 0.2) is 10.3 Å². The quantitative estimate of drug-likeness (QED) is 0.770. The van der Waals surface area contributed by atoms with Gasteiger partial charge in [0.05, 0.1) is 11.1 Å². The Kier molecular flexibility index (Phi) is 4.22. The highest BCUT2D eigenvalue weighted by Crippen LogP contribution is 2.17. The Bertz CT molecular complexity index is 718. The number of amides is 2. The number of hydrogen-bond acceptors (Lipinski definition) is 6. The predicted molar refractivity (Wildman–Crippen MR) is 86.6 cm³/mol. The third-order valence-corrected chi connectivity index (χ3v) is 4.10. The molecule has 0 spiro atoms. The van der Waals surface area contributed by atoms with E-state index in [4.69, 9.17) is 0 Å². The van der Waals surface area contributed by atoms with Gasteiger partial charge < -0.3 is 0 Å². The van der Waals surface area contributed by atoms with Gasteiger partial charge in [-0.3, -0.25) is 20.2 Å². The summed E-state index contributed by atoms with van der Waals surface area (Å²) < 4.78 is 0. The lowest BCUT2D eigenvalue weighted by Gasteiger charge is -2.08. The number of carbonyl (C=O) groups excluding carboxylic acids is 2. The Hall–Kier alpha value is -2.58. The molecule has 0 bridgehead atoms. The zero-order valence-electron chi connectivity index (χ0n) is 11.1. The van der Waals surface area contributed by atoms with E-state index in [1.54, 1.807) is 47.4 Å². The Morgan fingerprint density at radius 2 is 1.27 bits per heavy atom. The normalized spacial score (nSPS) is 10.2. The van der Waals surface area contributed by atoms with Crippen LogP contribution in [0.5, 0.6) is 0 Å². The predicted octanol–water partition coefficient (Wildman–Crippen LogP) is 3.10. The SMILES string of the molecule is O=C(Nc1nccs1)c1ccccc1C(=O)Nc1nccs1. The third-order valence-electron chi connectivity index (χ3n) is 2.72. The highest BCUT2D eigenvalue weighted by molar-refractivity contribution is 7.14. The van der Waals surface area contributed by atoms with Crippen LogP contribution in [0.1, 0.15) is 20.7 Å². The lowest BCUT2D eigenvalue weighted by atomic mass is 10.1. The number of aromatic nitrogens is 2. The minimum absolute atomic E-state index is 0.284. The van der Waals surface area contributed by atoms with Crippen LogP contribution < -0.4 is 10.6 Å². The third kappa shape index (κ3) is 3.18. The summed E-state index contributed by atoms with van der Waals surface area (Å²) in [5.74, 6) is -0.750. The van der Waals surface area contributed by atoms with Crippen LogP contribution in [0.15, 0.2) is 47.4 Å². The van der Waals surface area contributed by atoms with Crippen LogP contribution in [0.2, 0.25) is 0 Å². The second kappa shape index (κ2) is 6.46. The largest absolute Gasteiger partial charge is 0.298 e. The second-order valence-electron chi connectivity index (χ2n) is 4.13. The summed E-state index contributed by atoms with van der Waals surface area (Å²) in [5.41, 5.74) is 0.568. The summed E-state index contributed by atoms with van der Waals surface area (Å²) in [6, 6.07) is 6.60. The highest BCUT2D eigenvalue weighted by Gasteiger charge is 2.18. The average molecular weight is 330 g/mol. The Labute approximate surface area is 133 Å². The zero-order chi connectivity index (χ0) is 15.4. The van der Waals surface area contributed by atoms with Gasteiger partial charge in [-0.1, -0.05) is 12.1 Å². The van der Waals surface area contributed by atoms with E-state index in [0.717, 1.165) is 0 Å². The number of anilines is 2. The fourth-order valence-corrected chi connectivity index (χ4v) is 2.83. The second-order valence-corrected chi connectivity index (χ2v) is 5.92. The smallest absolute Gasteiger partial charge is 0.258 e. The molecule has 0 aliphatic heterocycles. The van der Waals surface area contributed by atoms with Crippen molar-refractivity contribution in [3.63, 3.8) is 0 Å². The van der Waals surface area contributed by atoms with Gasteiger partial charge in [0.25, 0.3) is 11.8 Å². The van der Waals surface area contributed by atoms with Crippen molar-refractivity contribution >= 4 is 44.8 Å². The van der Waals surface area contributed by atoms with Crippen LogP contribution in [-0.2, 0) is 0 Å². The molecule has 0 atom stereocenters. The maximum atomic E-state index is 12.3. The van der Waals surface area contributed by atoms with E-state index in [1.807, 2.05) is 0 Å². The first-order chi connectivity index (χ1) is 10.7. The molecule has 2 amide bonds. The van der Waals surface area contributed by atoms with Crippen molar-refractivity contribution in [2.75, 3.05) is 10.6 Å². The van der Waals surface area contributed by atoms with Crippen molar-refractivity contribution < 1.29 is 9.59 Å². The molecule has 0 fully saturated rings. The first-order valence-electron chi connectivity index (χ1n) is 6.25. The summed E-state index contributed by atoms with van der Waals surface area (Å²) in [6.45, 7) is 0.